The molecule has 1 heterocycles. The van der Waals surface area contributed by atoms with Crippen molar-refractivity contribution in [3.8, 4) is 0 Å². The average molecular weight is 99.2 g/mol. The van der Waals surface area contributed by atoms with Gasteiger partial charge in [-0.15, -0.1) is 0 Å². The van der Waals surface area contributed by atoms with Crippen LogP contribution >= 0.6 is 0 Å². The summed E-state index contributed by atoms with van der Waals surface area (Å²) < 4.78 is 0. The van der Waals surface area contributed by atoms with Gasteiger partial charge in [-0.1, -0.05) is 6.92 Å². The molecule has 1 heteroatoms. The maximum Gasteiger partial charge on any atom is 0.00648 e. The summed E-state index contributed by atoms with van der Waals surface area (Å²) >= 11 is 0. The third-order valence-electron chi connectivity index (χ3n) is 1.92. The first-order chi connectivity index (χ1) is 3.30. The molecule has 0 aliphatic carbocycles. The minimum absolute atomic E-state index is 0.764. The van der Waals surface area contributed by atoms with E-state index in [2.05, 4.69) is 19.2 Å². The molecule has 0 saturated carbocycles. The van der Waals surface area contributed by atoms with Gasteiger partial charge in [0.15, 0.2) is 0 Å². The Hall–Kier alpha value is -0.0400. The van der Waals surface area contributed by atoms with Gasteiger partial charge in [0.2, 0.25) is 0 Å². The van der Waals surface area contributed by atoms with E-state index in [9.17, 15) is 0 Å². The van der Waals surface area contributed by atoms with Crippen LogP contribution in [-0.2, 0) is 0 Å². The zero-order valence-corrected chi connectivity index (χ0v) is 5.07. The van der Waals surface area contributed by atoms with Crippen molar-refractivity contribution < 1.29 is 0 Å². The van der Waals surface area contributed by atoms with E-state index in [1.807, 2.05) is 0 Å². The summed E-state index contributed by atoms with van der Waals surface area (Å²) in [4.78, 5) is 0. The van der Waals surface area contributed by atoms with Crippen LogP contribution in [0.15, 0.2) is 0 Å². The summed E-state index contributed by atoms with van der Waals surface area (Å²) in [6.45, 7) is 5.77. The summed E-state index contributed by atoms with van der Waals surface area (Å²) in [5.41, 5.74) is 0. The van der Waals surface area contributed by atoms with Gasteiger partial charge in [0, 0.05) is 6.04 Å². The molecule has 1 aliphatic heterocycles. The topological polar surface area (TPSA) is 12.0 Å². The zero-order chi connectivity index (χ0) is 5.28. The minimum Gasteiger partial charge on any atom is -0.314 e. The average Bonchev–Trinajstić information content (AvgIpc) is 1.91. The third kappa shape index (κ3) is 0.942. The Labute approximate surface area is 45.1 Å². The van der Waals surface area contributed by atoms with Gasteiger partial charge in [0.05, 0.1) is 0 Å². The predicted octanol–water partition coefficient (Wildman–Crippen LogP) is 1.00. The Morgan fingerprint density at radius 1 is 1.43 bits per heavy atom. The van der Waals surface area contributed by atoms with Crippen LogP contribution in [0.1, 0.15) is 20.3 Å². The van der Waals surface area contributed by atoms with Crippen LogP contribution in [0, 0.1) is 5.92 Å². The molecule has 2 atom stereocenters. The quantitative estimate of drug-likeness (QED) is 0.478. The van der Waals surface area contributed by atoms with E-state index in [0.29, 0.717) is 0 Å². The second kappa shape index (κ2) is 1.83. The van der Waals surface area contributed by atoms with Crippen LogP contribution in [0.3, 0.4) is 0 Å². The fourth-order valence-electron chi connectivity index (χ4n) is 0.990. The highest BCUT2D eigenvalue weighted by molar-refractivity contribution is 4.75. The molecule has 1 fully saturated rings. The van der Waals surface area contributed by atoms with Crippen molar-refractivity contribution in [2.45, 2.75) is 26.3 Å². The summed E-state index contributed by atoms with van der Waals surface area (Å²) in [6, 6.07) is 0.764. The molecular formula is C6H13N. The van der Waals surface area contributed by atoms with E-state index in [0.717, 1.165) is 12.0 Å². The van der Waals surface area contributed by atoms with Gasteiger partial charge < -0.3 is 5.32 Å². The zero-order valence-electron chi connectivity index (χ0n) is 5.07. The summed E-state index contributed by atoms with van der Waals surface area (Å²) in [5.74, 6) is 0.903. The number of hydrogen-bond acceptors (Lipinski definition) is 1. The summed E-state index contributed by atoms with van der Waals surface area (Å²) in [6.07, 6.45) is 1.36. The van der Waals surface area contributed by atoms with Crippen molar-refractivity contribution in [1.29, 1.82) is 0 Å². The van der Waals surface area contributed by atoms with E-state index in [-0.39, 0.29) is 0 Å². The van der Waals surface area contributed by atoms with E-state index in [1.165, 1.54) is 13.0 Å². The molecular weight excluding hydrogens is 86.1 g/mol. The largest absolute Gasteiger partial charge is 0.314 e. The lowest BCUT2D eigenvalue weighted by molar-refractivity contribution is 0.519. The molecule has 42 valence electrons. The van der Waals surface area contributed by atoms with E-state index >= 15 is 0 Å². The van der Waals surface area contributed by atoms with Crippen LogP contribution in [0.4, 0.5) is 0 Å². The lowest BCUT2D eigenvalue weighted by atomic mass is 10.1. The molecule has 0 aromatic rings. The van der Waals surface area contributed by atoms with Crippen LogP contribution in [0.2, 0.25) is 0 Å². The first kappa shape index (κ1) is 5.10. The van der Waals surface area contributed by atoms with Crippen molar-refractivity contribution in [2.75, 3.05) is 6.54 Å². The normalized spacial score (nSPS) is 42.0. The summed E-state index contributed by atoms with van der Waals surface area (Å²) in [5, 5.41) is 3.37. The highest BCUT2D eigenvalue weighted by Crippen LogP contribution is 2.12. The SMILES string of the molecule is C[C@@H]1NCC[C@@H]1C. The molecule has 7 heavy (non-hydrogen) atoms. The van der Waals surface area contributed by atoms with Crippen LogP contribution in [0.5, 0.6) is 0 Å². The molecule has 1 N–H and O–H groups in total. The number of rotatable bonds is 0. The van der Waals surface area contributed by atoms with Gasteiger partial charge in [0.25, 0.3) is 0 Å². The molecule has 0 bridgehead atoms. The third-order valence-corrected chi connectivity index (χ3v) is 1.92. The Balaban J connectivity index is 2.33. The standard InChI is InChI=1S/C6H13N/c1-5-3-4-7-6(5)2/h5-7H,3-4H2,1-2H3/t5-,6-/m0/s1. The Kier molecular flexibility index (Phi) is 1.33. The fourth-order valence-corrected chi connectivity index (χ4v) is 0.990. The molecule has 1 nitrogen and oxygen atoms in total. The maximum absolute atomic E-state index is 3.37. The Morgan fingerprint density at radius 2 is 2.14 bits per heavy atom. The molecule has 0 spiro atoms. The Bertz CT molecular complexity index is 53.2. The smallest absolute Gasteiger partial charge is 0.00648 e. The fraction of sp³-hybridized carbons (Fsp3) is 1.00. The van der Waals surface area contributed by atoms with Gasteiger partial charge in [-0.2, -0.15) is 0 Å². The highest BCUT2D eigenvalue weighted by atomic mass is 14.9. The van der Waals surface area contributed by atoms with E-state index in [4.69, 9.17) is 0 Å². The Morgan fingerprint density at radius 3 is 2.29 bits per heavy atom. The predicted molar refractivity (Wildman–Crippen MR) is 31.2 cm³/mol. The second-order valence-corrected chi connectivity index (χ2v) is 2.51. The van der Waals surface area contributed by atoms with Crippen molar-refractivity contribution in [3.63, 3.8) is 0 Å². The number of nitrogens with one attached hydrogen (secondary N) is 1. The van der Waals surface area contributed by atoms with Gasteiger partial charge in [0.1, 0.15) is 0 Å². The van der Waals surface area contributed by atoms with Crippen LogP contribution in [-0.4, -0.2) is 12.6 Å². The lowest BCUT2D eigenvalue weighted by Crippen LogP contribution is -2.20. The first-order valence-electron chi connectivity index (χ1n) is 3.04. The van der Waals surface area contributed by atoms with Gasteiger partial charge >= 0.3 is 0 Å². The maximum atomic E-state index is 3.37. The molecule has 0 aromatic heterocycles. The first-order valence-corrected chi connectivity index (χ1v) is 3.04. The van der Waals surface area contributed by atoms with Gasteiger partial charge in [-0.25, -0.2) is 0 Å². The number of hydrogen-bond donors (Lipinski definition) is 1. The summed E-state index contributed by atoms with van der Waals surface area (Å²) in [7, 11) is 0. The van der Waals surface area contributed by atoms with E-state index in [1.54, 1.807) is 0 Å². The van der Waals surface area contributed by atoms with Crippen molar-refractivity contribution >= 4 is 0 Å². The molecule has 0 amide bonds. The molecule has 0 unspecified atom stereocenters. The van der Waals surface area contributed by atoms with Gasteiger partial charge in [-0.05, 0) is 25.8 Å². The van der Waals surface area contributed by atoms with E-state index < -0.39 is 0 Å². The van der Waals surface area contributed by atoms with Crippen molar-refractivity contribution in [2.24, 2.45) is 5.92 Å². The second-order valence-electron chi connectivity index (χ2n) is 2.51. The van der Waals surface area contributed by atoms with Crippen LogP contribution < -0.4 is 5.32 Å². The monoisotopic (exact) mass is 99.1 g/mol. The lowest BCUT2D eigenvalue weighted by Gasteiger charge is -2.05. The van der Waals surface area contributed by atoms with Gasteiger partial charge in [-0.3, -0.25) is 0 Å². The highest BCUT2D eigenvalue weighted by Gasteiger charge is 2.16. The molecule has 1 saturated heterocycles. The molecule has 1 aliphatic rings. The minimum atomic E-state index is 0.764. The molecule has 1 rings (SSSR count). The van der Waals surface area contributed by atoms with Crippen molar-refractivity contribution in [3.05, 3.63) is 0 Å². The molecule has 0 aromatic carbocycles. The van der Waals surface area contributed by atoms with Crippen LogP contribution in [0.25, 0.3) is 0 Å². The molecule has 0 radical (unpaired) electrons. The van der Waals surface area contributed by atoms with Crippen molar-refractivity contribution in [1.82, 2.24) is 5.32 Å².